The van der Waals surface area contributed by atoms with Gasteiger partial charge in [0.2, 0.25) is 5.70 Å². The lowest BCUT2D eigenvalue weighted by atomic mass is 10.1. The van der Waals surface area contributed by atoms with Crippen molar-refractivity contribution in [3.63, 3.8) is 0 Å². The molecule has 10 nitrogen and oxygen atoms in total. The zero-order chi connectivity index (χ0) is 26.3. The number of nitro groups is 2. The largest absolute Gasteiger partial charge is 0.276 e. The number of hydrogen-bond acceptors (Lipinski definition) is 8. The summed E-state index contributed by atoms with van der Waals surface area (Å²) in [6.45, 7) is 0. The highest BCUT2D eigenvalue weighted by Gasteiger charge is 2.42. The Morgan fingerprint density at radius 1 is 0.750 bits per heavy atom. The highest BCUT2D eigenvalue weighted by atomic mass is 32.3. The molecule has 0 fully saturated rings. The molecule has 0 aliphatic heterocycles. The minimum atomic E-state index is -4.58. The van der Waals surface area contributed by atoms with E-state index in [0.717, 1.165) is 12.2 Å². The number of para-hydroxylation sites is 1. The van der Waals surface area contributed by atoms with Crippen molar-refractivity contribution in [1.82, 2.24) is 0 Å². The van der Waals surface area contributed by atoms with Gasteiger partial charge in [0.1, 0.15) is 0 Å². The summed E-state index contributed by atoms with van der Waals surface area (Å²) in [7, 11) is -9.15. The van der Waals surface area contributed by atoms with Crippen molar-refractivity contribution in [2.24, 2.45) is 0 Å². The third-order valence-corrected chi connectivity index (χ3v) is 10.2. The second-order valence-electron chi connectivity index (χ2n) is 7.44. The predicted octanol–water partition coefficient (Wildman–Crippen LogP) is 4.43. The van der Waals surface area contributed by atoms with Crippen molar-refractivity contribution in [3.8, 4) is 0 Å². The molecule has 0 unspecified atom stereocenters. The maximum atomic E-state index is 13.4. The Morgan fingerprint density at radius 2 is 1.22 bits per heavy atom. The molecule has 0 amide bonds. The summed E-state index contributed by atoms with van der Waals surface area (Å²) in [6, 6.07) is 19.3. The number of nitrogens with zero attached hydrogens (tertiary/aromatic N) is 2. The quantitative estimate of drug-likeness (QED) is 0.213. The molecule has 0 atom stereocenters. The molecule has 0 aliphatic carbocycles. The van der Waals surface area contributed by atoms with Crippen LogP contribution in [0.15, 0.2) is 113 Å². The van der Waals surface area contributed by atoms with Gasteiger partial charge in [-0.25, -0.2) is 16.8 Å². The third kappa shape index (κ3) is 5.90. The van der Waals surface area contributed by atoms with Crippen LogP contribution < -0.4 is 0 Å². The maximum Gasteiger partial charge on any atom is 0.276 e. The van der Waals surface area contributed by atoms with Crippen molar-refractivity contribution in [2.45, 2.75) is 20.8 Å². The molecular formula is C24H20N2O8S2. The topological polar surface area (TPSA) is 155 Å². The molecule has 0 aromatic heterocycles. The molecule has 0 spiro atoms. The van der Waals surface area contributed by atoms with Gasteiger partial charge in [-0.3, -0.25) is 20.2 Å². The number of sulfone groups is 2. The first-order chi connectivity index (χ1) is 17.0. The Labute approximate surface area is 207 Å². The lowest BCUT2D eigenvalue weighted by Gasteiger charge is -2.17. The van der Waals surface area contributed by atoms with Gasteiger partial charge >= 0.3 is 0 Å². The van der Waals surface area contributed by atoms with E-state index in [0.29, 0.717) is 0 Å². The molecular weight excluding hydrogens is 508 g/mol. The normalized spacial score (nSPS) is 12.6. The Hall–Kier alpha value is -4.16. The van der Waals surface area contributed by atoms with E-state index < -0.39 is 46.2 Å². The van der Waals surface area contributed by atoms with E-state index in [9.17, 15) is 37.1 Å². The van der Waals surface area contributed by atoms with Crippen LogP contribution in [0.3, 0.4) is 0 Å². The molecule has 0 heterocycles. The van der Waals surface area contributed by atoms with Crippen LogP contribution in [-0.4, -0.2) is 31.3 Å². The summed E-state index contributed by atoms with van der Waals surface area (Å²) >= 11 is 0. The highest BCUT2D eigenvalue weighted by molar-refractivity contribution is 8.09. The highest BCUT2D eigenvalue weighted by Crippen LogP contribution is 2.30. The van der Waals surface area contributed by atoms with Gasteiger partial charge in [-0.2, -0.15) is 0 Å². The van der Waals surface area contributed by atoms with Crippen LogP contribution >= 0.6 is 0 Å². The van der Waals surface area contributed by atoms with E-state index in [4.69, 9.17) is 0 Å². The van der Waals surface area contributed by atoms with E-state index >= 15 is 0 Å². The first-order valence-electron chi connectivity index (χ1n) is 10.4. The monoisotopic (exact) mass is 528 g/mol. The van der Waals surface area contributed by atoms with Crippen LogP contribution in [0, 0.1) is 20.2 Å². The molecule has 3 aromatic carbocycles. The Balaban J connectivity index is 2.09. The van der Waals surface area contributed by atoms with Crippen LogP contribution in [0.5, 0.6) is 0 Å². The Kier molecular flexibility index (Phi) is 8.12. The molecule has 0 radical (unpaired) electrons. The third-order valence-electron chi connectivity index (χ3n) is 5.14. The molecule has 0 N–H and O–H groups in total. The zero-order valence-electron chi connectivity index (χ0n) is 18.6. The molecule has 186 valence electrons. The van der Waals surface area contributed by atoms with Gasteiger partial charge in [0.25, 0.3) is 5.69 Å². The molecule has 12 heteroatoms. The van der Waals surface area contributed by atoms with Gasteiger partial charge in [-0.15, -0.1) is 0 Å². The summed E-state index contributed by atoms with van der Waals surface area (Å²) in [4.78, 5) is 20.9. The average Bonchev–Trinajstić information content (AvgIpc) is 2.86. The molecule has 3 aromatic rings. The fraction of sp³-hybridized carbons (Fsp3) is 0.0833. The summed E-state index contributed by atoms with van der Waals surface area (Å²) < 4.78 is 51.4. The number of allylic oxidation sites excluding steroid dienone is 3. The number of rotatable bonds is 10. The lowest BCUT2D eigenvalue weighted by Crippen LogP contribution is -2.32. The average molecular weight is 529 g/mol. The van der Waals surface area contributed by atoms with Crippen LogP contribution in [0.4, 0.5) is 5.69 Å². The summed E-state index contributed by atoms with van der Waals surface area (Å²) in [5, 5.41) is 23.0. The zero-order valence-corrected chi connectivity index (χ0v) is 20.2. The van der Waals surface area contributed by atoms with E-state index in [2.05, 4.69) is 0 Å². The number of nitro benzene ring substituents is 1. The predicted molar refractivity (Wildman–Crippen MR) is 133 cm³/mol. The molecule has 0 bridgehead atoms. The fourth-order valence-corrected chi connectivity index (χ4v) is 7.80. The molecule has 3 rings (SSSR count). The van der Waals surface area contributed by atoms with Crippen LogP contribution in [-0.2, 0) is 19.7 Å². The van der Waals surface area contributed by atoms with Crippen molar-refractivity contribution >= 4 is 31.4 Å². The second kappa shape index (κ2) is 11.1. The number of hydrogen-bond donors (Lipinski definition) is 0. The lowest BCUT2D eigenvalue weighted by molar-refractivity contribution is -0.427. The Morgan fingerprint density at radius 3 is 1.69 bits per heavy atom. The van der Waals surface area contributed by atoms with Crippen LogP contribution in [0.1, 0.15) is 12.0 Å². The SMILES string of the molecule is O=[N+]([O-])/C(=C\C=C\c1ccccc1[N+](=O)[O-])CC(S(=O)(=O)c1ccccc1)S(=O)(=O)c1ccccc1. The summed E-state index contributed by atoms with van der Waals surface area (Å²) in [5.41, 5.74) is -0.776. The first kappa shape index (κ1) is 26.4. The van der Waals surface area contributed by atoms with E-state index in [-0.39, 0.29) is 21.0 Å². The summed E-state index contributed by atoms with van der Waals surface area (Å²) in [5.74, 6) is 0. The van der Waals surface area contributed by atoms with Crippen molar-refractivity contribution < 1.29 is 26.7 Å². The van der Waals surface area contributed by atoms with Gasteiger partial charge in [0.05, 0.1) is 31.6 Å². The fourth-order valence-electron chi connectivity index (χ4n) is 3.34. The minimum Gasteiger partial charge on any atom is -0.259 e. The van der Waals surface area contributed by atoms with Crippen molar-refractivity contribution in [3.05, 3.63) is 129 Å². The van der Waals surface area contributed by atoms with Gasteiger partial charge in [-0.1, -0.05) is 54.6 Å². The van der Waals surface area contributed by atoms with Gasteiger partial charge in [-0.05, 0) is 36.4 Å². The van der Waals surface area contributed by atoms with E-state index in [1.165, 1.54) is 72.8 Å². The minimum absolute atomic E-state index is 0.159. The molecule has 0 saturated heterocycles. The van der Waals surface area contributed by atoms with Gasteiger partial charge < -0.3 is 0 Å². The summed E-state index contributed by atoms with van der Waals surface area (Å²) in [6.07, 6.45) is 2.36. The van der Waals surface area contributed by atoms with Crippen LogP contribution in [0.25, 0.3) is 6.08 Å². The standard InChI is InChI=1S/C24H20N2O8S2/c27-25(28)20(12-9-11-19-10-7-8-17-23(19)26(29)30)18-24(35(31,32)21-13-3-1-4-14-21)36(33,34)22-15-5-2-6-16-22/h1-17,24H,18H2/b11-9+,20-12-. The molecule has 0 saturated carbocycles. The second-order valence-corrected chi connectivity index (χ2v) is 12.0. The van der Waals surface area contributed by atoms with E-state index in [1.54, 1.807) is 18.2 Å². The van der Waals surface area contributed by atoms with E-state index in [1.807, 2.05) is 0 Å². The maximum absolute atomic E-state index is 13.4. The molecule has 0 aliphatic rings. The number of benzene rings is 3. The van der Waals surface area contributed by atoms with Gasteiger partial charge in [0.15, 0.2) is 24.3 Å². The van der Waals surface area contributed by atoms with Gasteiger partial charge in [0, 0.05) is 12.1 Å². The molecule has 36 heavy (non-hydrogen) atoms. The van der Waals surface area contributed by atoms with Crippen molar-refractivity contribution in [1.29, 1.82) is 0 Å². The van der Waals surface area contributed by atoms with Crippen LogP contribution in [0.2, 0.25) is 0 Å². The van der Waals surface area contributed by atoms with Crippen molar-refractivity contribution in [2.75, 3.05) is 0 Å². The first-order valence-corrected chi connectivity index (χ1v) is 13.5. The smallest absolute Gasteiger partial charge is 0.259 e. The Bertz CT molecular complexity index is 1460.